The smallest absolute Gasteiger partial charge is 0.185 e. The summed E-state index contributed by atoms with van der Waals surface area (Å²) in [5.41, 5.74) is 28.9. The molecule has 12 N–H and O–H groups in total. The van der Waals surface area contributed by atoms with Crippen molar-refractivity contribution in [3.63, 3.8) is 0 Å². The molecule has 0 amide bonds. The third kappa shape index (κ3) is 11.4. The molecule has 4 rings (SSSR count). The summed E-state index contributed by atoms with van der Waals surface area (Å²) in [6, 6.07) is 30.1. The highest BCUT2D eigenvalue weighted by molar-refractivity contribution is 5.83. The van der Waals surface area contributed by atoms with E-state index in [9.17, 15) is 0 Å². The van der Waals surface area contributed by atoms with Gasteiger partial charge in [-0.05, 0) is 54.9 Å². The molecular formula is C35H51N9. The number of nitrogens with one attached hydrogen (secondary N) is 4. The third-order valence-corrected chi connectivity index (χ3v) is 8.07. The summed E-state index contributed by atoms with van der Waals surface area (Å²) in [7, 11) is 0. The van der Waals surface area contributed by atoms with Gasteiger partial charge in [-0.1, -0.05) is 78.9 Å². The quantitative estimate of drug-likeness (QED) is 0.0440. The van der Waals surface area contributed by atoms with E-state index >= 15 is 0 Å². The maximum absolute atomic E-state index is 6.56. The Kier molecular flexibility index (Phi) is 13.7. The lowest BCUT2D eigenvalue weighted by Crippen LogP contribution is -2.51. The molecule has 0 aliphatic heterocycles. The Balaban J connectivity index is 1.36. The van der Waals surface area contributed by atoms with Crippen LogP contribution in [0.15, 0.2) is 96.1 Å². The van der Waals surface area contributed by atoms with E-state index in [-0.39, 0.29) is 30.1 Å². The minimum Gasteiger partial charge on any atom is -0.370 e. The molecule has 9 heteroatoms. The SMILES string of the molecule is NC[C@H](Cc1c[nH]c2ccccc12)NC[C@@H](CCCN=C(N)N)NC[C@H](Cc1ccccc1)NC[C@H](N)Cc1ccccc1. The average molecular weight is 598 g/mol. The molecule has 0 unspecified atom stereocenters. The molecule has 0 aliphatic carbocycles. The fraction of sp³-hybridized carbons (Fsp3) is 0.400. The summed E-state index contributed by atoms with van der Waals surface area (Å²) < 4.78 is 0. The molecule has 4 aromatic rings. The van der Waals surface area contributed by atoms with Crippen molar-refractivity contribution in [3.8, 4) is 0 Å². The topological polar surface area (TPSA) is 168 Å². The molecule has 0 aliphatic rings. The predicted octanol–water partition coefficient (Wildman–Crippen LogP) is 2.41. The Morgan fingerprint density at radius 1 is 0.705 bits per heavy atom. The van der Waals surface area contributed by atoms with E-state index in [2.05, 4.69) is 111 Å². The predicted molar refractivity (Wildman–Crippen MR) is 185 cm³/mol. The molecule has 0 bridgehead atoms. The van der Waals surface area contributed by atoms with Gasteiger partial charge in [0.25, 0.3) is 0 Å². The number of guanidine groups is 1. The highest BCUT2D eigenvalue weighted by Gasteiger charge is 2.17. The second kappa shape index (κ2) is 18.2. The monoisotopic (exact) mass is 597 g/mol. The van der Waals surface area contributed by atoms with Gasteiger partial charge in [-0.3, -0.25) is 4.99 Å². The zero-order chi connectivity index (χ0) is 31.0. The van der Waals surface area contributed by atoms with Gasteiger partial charge in [0.05, 0.1) is 0 Å². The Hall–Kier alpha value is -3.73. The molecule has 0 radical (unpaired) electrons. The number of H-pyrrole nitrogens is 1. The fourth-order valence-corrected chi connectivity index (χ4v) is 5.67. The first-order chi connectivity index (χ1) is 21.5. The molecule has 0 spiro atoms. The van der Waals surface area contributed by atoms with Gasteiger partial charge in [0.1, 0.15) is 0 Å². The fourth-order valence-electron chi connectivity index (χ4n) is 5.67. The highest BCUT2D eigenvalue weighted by Crippen LogP contribution is 2.19. The van der Waals surface area contributed by atoms with Crippen LogP contribution >= 0.6 is 0 Å². The van der Waals surface area contributed by atoms with Gasteiger partial charge in [0, 0.05) is 74.0 Å². The van der Waals surface area contributed by atoms with E-state index in [0.29, 0.717) is 13.1 Å². The van der Waals surface area contributed by atoms with Crippen LogP contribution in [0, 0.1) is 0 Å². The van der Waals surface area contributed by atoms with Gasteiger partial charge in [-0.15, -0.1) is 0 Å². The van der Waals surface area contributed by atoms with Crippen molar-refractivity contribution >= 4 is 16.9 Å². The summed E-state index contributed by atoms with van der Waals surface area (Å²) in [6.45, 7) is 3.49. The Morgan fingerprint density at radius 2 is 1.32 bits per heavy atom. The first kappa shape index (κ1) is 33.2. The zero-order valence-corrected chi connectivity index (χ0v) is 25.8. The molecule has 236 valence electrons. The normalized spacial score (nSPS) is 14.2. The highest BCUT2D eigenvalue weighted by atomic mass is 15.0. The van der Waals surface area contributed by atoms with Crippen LogP contribution in [0.3, 0.4) is 0 Å². The zero-order valence-electron chi connectivity index (χ0n) is 25.8. The first-order valence-corrected chi connectivity index (χ1v) is 15.8. The van der Waals surface area contributed by atoms with Crippen LogP contribution in [0.5, 0.6) is 0 Å². The molecular weight excluding hydrogens is 546 g/mol. The standard InChI is InChI=1S/C35H51N9/c36-21-31(20-28-22-44-34-16-8-7-15-33(28)34)43-24-30(14-9-17-40-35(38)39)42-25-32(19-27-12-5-2-6-13-27)41-23-29(37)18-26-10-3-1-4-11-26/h1-8,10-13,15-16,22,29-32,41-44H,9,14,17-21,23-25,36-37H2,(H4,38,39,40)/t29-,30-,31+,32+/m1/s1. The van der Waals surface area contributed by atoms with Gasteiger partial charge in [0.15, 0.2) is 5.96 Å². The van der Waals surface area contributed by atoms with Crippen LogP contribution in [0.4, 0.5) is 0 Å². The summed E-state index contributed by atoms with van der Waals surface area (Å²) in [5.74, 6) is 0.133. The van der Waals surface area contributed by atoms with Crippen LogP contribution in [-0.2, 0) is 19.3 Å². The molecule has 9 nitrogen and oxygen atoms in total. The minimum atomic E-state index is 0.0301. The second-order valence-corrected chi connectivity index (χ2v) is 11.7. The summed E-state index contributed by atoms with van der Waals surface area (Å²) in [4.78, 5) is 7.58. The maximum atomic E-state index is 6.56. The molecule has 1 heterocycles. The maximum Gasteiger partial charge on any atom is 0.185 e. The van der Waals surface area contributed by atoms with Gasteiger partial charge >= 0.3 is 0 Å². The van der Waals surface area contributed by atoms with Gasteiger partial charge in [-0.25, -0.2) is 0 Å². The van der Waals surface area contributed by atoms with E-state index in [0.717, 1.165) is 57.3 Å². The van der Waals surface area contributed by atoms with Gasteiger partial charge in [0.2, 0.25) is 0 Å². The van der Waals surface area contributed by atoms with Crippen LogP contribution in [0.1, 0.15) is 29.5 Å². The lowest BCUT2D eigenvalue weighted by Gasteiger charge is -2.27. The number of aromatic nitrogens is 1. The minimum absolute atomic E-state index is 0.0301. The number of hydrogen-bond acceptors (Lipinski definition) is 6. The molecule has 3 aromatic carbocycles. The number of fused-ring (bicyclic) bond motifs is 1. The van der Waals surface area contributed by atoms with Crippen LogP contribution in [0.25, 0.3) is 10.9 Å². The molecule has 0 saturated carbocycles. The number of aromatic amines is 1. The van der Waals surface area contributed by atoms with Gasteiger partial charge in [-0.2, -0.15) is 0 Å². The molecule has 0 saturated heterocycles. The molecule has 0 fully saturated rings. The Morgan fingerprint density at radius 3 is 2.02 bits per heavy atom. The first-order valence-electron chi connectivity index (χ1n) is 15.8. The number of rotatable bonds is 20. The van der Waals surface area contributed by atoms with Gasteiger partial charge < -0.3 is 43.9 Å². The number of nitrogens with two attached hydrogens (primary N) is 4. The van der Waals surface area contributed by atoms with Crippen molar-refractivity contribution < 1.29 is 0 Å². The lowest BCUT2D eigenvalue weighted by atomic mass is 10.0. The molecule has 1 aromatic heterocycles. The molecule has 44 heavy (non-hydrogen) atoms. The van der Waals surface area contributed by atoms with Crippen LogP contribution < -0.4 is 38.9 Å². The largest absolute Gasteiger partial charge is 0.370 e. The molecule has 4 atom stereocenters. The van der Waals surface area contributed by atoms with E-state index in [1.807, 2.05) is 6.07 Å². The van der Waals surface area contributed by atoms with E-state index in [1.54, 1.807) is 0 Å². The lowest BCUT2D eigenvalue weighted by molar-refractivity contribution is 0.373. The number of benzene rings is 3. The summed E-state index contributed by atoms with van der Waals surface area (Å²) in [5, 5.41) is 12.6. The van der Waals surface area contributed by atoms with Crippen molar-refractivity contribution in [2.45, 2.75) is 56.3 Å². The number of para-hydroxylation sites is 1. The van der Waals surface area contributed by atoms with Crippen molar-refractivity contribution in [2.75, 3.05) is 32.7 Å². The van der Waals surface area contributed by atoms with Crippen molar-refractivity contribution in [2.24, 2.45) is 27.9 Å². The number of aliphatic imine (C=N–C) groups is 1. The number of nitrogens with zero attached hydrogens (tertiary/aromatic N) is 1. The van der Waals surface area contributed by atoms with Crippen LogP contribution in [0.2, 0.25) is 0 Å². The van der Waals surface area contributed by atoms with E-state index in [4.69, 9.17) is 22.9 Å². The summed E-state index contributed by atoms with van der Waals surface area (Å²) >= 11 is 0. The van der Waals surface area contributed by atoms with Crippen molar-refractivity contribution in [1.82, 2.24) is 20.9 Å². The van der Waals surface area contributed by atoms with Crippen molar-refractivity contribution in [1.29, 1.82) is 0 Å². The summed E-state index contributed by atoms with van der Waals surface area (Å²) in [6.07, 6.45) is 6.52. The Labute approximate surface area is 262 Å². The van der Waals surface area contributed by atoms with E-state index < -0.39 is 0 Å². The van der Waals surface area contributed by atoms with Crippen molar-refractivity contribution in [3.05, 3.63) is 108 Å². The average Bonchev–Trinajstić information content (AvgIpc) is 3.45. The Bertz CT molecular complexity index is 1370. The van der Waals surface area contributed by atoms with Crippen LogP contribution in [-0.4, -0.2) is 67.8 Å². The second-order valence-electron chi connectivity index (χ2n) is 11.7. The number of hydrogen-bond donors (Lipinski definition) is 8. The van der Waals surface area contributed by atoms with E-state index in [1.165, 1.54) is 22.1 Å². The third-order valence-electron chi connectivity index (χ3n) is 8.07.